The fourth-order valence-electron chi connectivity index (χ4n) is 2.29. The van der Waals surface area contributed by atoms with Gasteiger partial charge in [0.2, 0.25) is 0 Å². The molecule has 4 nitrogen and oxygen atoms in total. The molecule has 0 heterocycles. The molecule has 0 spiro atoms. The Labute approximate surface area is 145 Å². The van der Waals surface area contributed by atoms with Crippen molar-refractivity contribution in [2.45, 2.75) is 13.5 Å². The second-order valence-corrected chi connectivity index (χ2v) is 6.36. The smallest absolute Gasteiger partial charge is 0.279 e. The molecular formula is C18H22BrN2O2+. The Hall–Kier alpha value is -1.85. The van der Waals surface area contributed by atoms with Crippen LogP contribution in [0.2, 0.25) is 0 Å². The lowest BCUT2D eigenvalue weighted by atomic mass is 10.2. The van der Waals surface area contributed by atoms with Crippen LogP contribution in [-0.4, -0.2) is 26.1 Å². The zero-order valence-electron chi connectivity index (χ0n) is 13.4. The molecule has 0 radical (unpaired) electrons. The zero-order chi connectivity index (χ0) is 16.7. The van der Waals surface area contributed by atoms with Gasteiger partial charge in [-0.25, -0.2) is 0 Å². The van der Waals surface area contributed by atoms with Crippen LogP contribution < -0.4 is 15.0 Å². The lowest BCUT2D eigenvalue weighted by Crippen LogP contribution is -3.08. The van der Waals surface area contributed by atoms with Crippen LogP contribution in [0.5, 0.6) is 5.75 Å². The van der Waals surface area contributed by atoms with Crippen LogP contribution in [0.1, 0.15) is 12.5 Å². The molecule has 1 amide bonds. The average molecular weight is 378 g/mol. The van der Waals surface area contributed by atoms with Gasteiger partial charge in [0.05, 0.1) is 13.7 Å². The molecule has 0 saturated heterocycles. The van der Waals surface area contributed by atoms with Crippen molar-refractivity contribution in [3.63, 3.8) is 0 Å². The summed E-state index contributed by atoms with van der Waals surface area (Å²) in [6, 6.07) is 15.6. The largest absolute Gasteiger partial charge is 0.494 e. The van der Waals surface area contributed by atoms with Crippen molar-refractivity contribution in [2.75, 3.05) is 25.5 Å². The number of likely N-dealkylation sites (N-methyl/N-ethyl adjacent to an activating group) is 1. The first-order valence-corrected chi connectivity index (χ1v) is 8.44. The van der Waals surface area contributed by atoms with Crippen LogP contribution in [0, 0.1) is 0 Å². The number of halogens is 1. The van der Waals surface area contributed by atoms with Crippen molar-refractivity contribution >= 4 is 27.5 Å². The van der Waals surface area contributed by atoms with Crippen molar-refractivity contribution in [1.29, 1.82) is 0 Å². The van der Waals surface area contributed by atoms with Crippen LogP contribution in [0.4, 0.5) is 5.69 Å². The SMILES string of the molecule is CCOc1ccc(NC(=O)C[NH+](C)Cc2ccc(Br)cc2)cc1. The van der Waals surface area contributed by atoms with Crippen LogP contribution >= 0.6 is 15.9 Å². The second-order valence-electron chi connectivity index (χ2n) is 5.44. The average Bonchev–Trinajstić information content (AvgIpc) is 2.51. The molecule has 2 rings (SSSR count). The normalized spacial score (nSPS) is 11.8. The number of benzene rings is 2. The molecule has 2 aromatic carbocycles. The molecule has 0 fully saturated rings. The van der Waals surface area contributed by atoms with Crippen molar-refractivity contribution in [3.8, 4) is 5.75 Å². The van der Waals surface area contributed by atoms with Crippen molar-refractivity contribution < 1.29 is 14.4 Å². The standard InChI is InChI=1S/C18H21BrN2O2/c1-3-23-17-10-8-16(9-11-17)20-18(22)13-21(2)12-14-4-6-15(19)7-5-14/h4-11H,3,12-13H2,1-2H3,(H,20,22)/p+1. The molecule has 0 aliphatic carbocycles. The van der Waals surface area contributed by atoms with Crippen molar-refractivity contribution in [1.82, 2.24) is 0 Å². The van der Waals surface area contributed by atoms with Crippen LogP contribution in [0.15, 0.2) is 53.0 Å². The molecular weight excluding hydrogens is 356 g/mol. The molecule has 1 atom stereocenters. The zero-order valence-corrected chi connectivity index (χ0v) is 15.0. The molecule has 0 aliphatic heterocycles. The van der Waals surface area contributed by atoms with Gasteiger partial charge in [-0.3, -0.25) is 4.79 Å². The summed E-state index contributed by atoms with van der Waals surface area (Å²) in [6.07, 6.45) is 0. The highest BCUT2D eigenvalue weighted by molar-refractivity contribution is 9.10. The van der Waals surface area contributed by atoms with E-state index in [1.54, 1.807) is 0 Å². The Morgan fingerprint density at radius 3 is 2.39 bits per heavy atom. The van der Waals surface area contributed by atoms with Gasteiger partial charge in [-0.05, 0) is 43.3 Å². The third kappa shape index (κ3) is 6.04. The highest BCUT2D eigenvalue weighted by atomic mass is 79.9. The number of nitrogens with one attached hydrogen (secondary N) is 2. The van der Waals surface area contributed by atoms with Gasteiger partial charge in [-0.15, -0.1) is 0 Å². The summed E-state index contributed by atoms with van der Waals surface area (Å²) < 4.78 is 6.45. The molecule has 1 unspecified atom stereocenters. The maximum atomic E-state index is 12.1. The summed E-state index contributed by atoms with van der Waals surface area (Å²) in [5.41, 5.74) is 1.99. The number of quaternary nitrogens is 1. The Bertz CT molecular complexity index is 626. The van der Waals surface area contributed by atoms with Gasteiger partial charge < -0.3 is 15.0 Å². The van der Waals surface area contributed by atoms with Gasteiger partial charge in [-0.2, -0.15) is 0 Å². The summed E-state index contributed by atoms with van der Waals surface area (Å²) in [7, 11) is 2.01. The summed E-state index contributed by atoms with van der Waals surface area (Å²) in [6.45, 7) is 3.81. The molecule has 122 valence electrons. The molecule has 0 aromatic heterocycles. The summed E-state index contributed by atoms with van der Waals surface area (Å²) in [4.78, 5) is 13.2. The fraction of sp³-hybridized carbons (Fsp3) is 0.278. The van der Waals surface area contributed by atoms with Gasteiger partial charge in [-0.1, -0.05) is 28.1 Å². The maximum Gasteiger partial charge on any atom is 0.279 e. The Morgan fingerprint density at radius 1 is 1.13 bits per heavy atom. The Kier molecular flexibility index (Phi) is 6.62. The highest BCUT2D eigenvalue weighted by Crippen LogP contribution is 2.15. The van der Waals surface area contributed by atoms with Crippen LogP contribution in [-0.2, 0) is 11.3 Å². The quantitative estimate of drug-likeness (QED) is 0.778. The third-order valence-electron chi connectivity index (χ3n) is 3.33. The minimum atomic E-state index is 0.00349. The maximum absolute atomic E-state index is 12.1. The molecule has 2 N–H and O–H groups in total. The summed E-state index contributed by atoms with van der Waals surface area (Å²) >= 11 is 3.42. The predicted octanol–water partition coefficient (Wildman–Crippen LogP) is 2.50. The number of rotatable bonds is 7. The number of hydrogen-bond acceptors (Lipinski definition) is 2. The van der Waals surface area contributed by atoms with Gasteiger partial charge >= 0.3 is 0 Å². The van der Waals surface area contributed by atoms with E-state index in [2.05, 4.69) is 33.4 Å². The summed E-state index contributed by atoms with van der Waals surface area (Å²) in [5.74, 6) is 0.812. The topological polar surface area (TPSA) is 42.8 Å². The van der Waals surface area contributed by atoms with Crippen molar-refractivity contribution in [2.24, 2.45) is 0 Å². The van der Waals surface area contributed by atoms with Crippen LogP contribution in [0.3, 0.4) is 0 Å². The van der Waals surface area contributed by atoms with E-state index in [1.165, 1.54) is 5.56 Å². The first-order valence-electron chi connectivity index (χ1n) is 7.65. The van der Waals surface area contributed by atoms with Crippen molar-refractivity contribution in [3.05, 3.63) is 58.6 Å². The van der Waals surface area contributed by atoms with Crippen LogP contribution in [0.25, 0.3) is 0 Å². The van der Waals surface area contributed by atoms with E-state index in [0.717, 1.165) is 27.4 Å². The van der Waals surface area contributed by atoms with Gasteiger partial charge in [0.1, 0.15) is 12.3 Å². The second kappa shape index (κ2) is 8.70. The molecule has 5 heteroatoms. The number of carbonyl (C=O) groups excluding carboxylic acids is 1. The van der Waals surface area contributed by atoms with E-state index in [0.29, 0.717) is 13.2 Å². The summed E-state index contributed by atoms with van der Waals surface area (Å²) in [5, 5.41) is 2.91. The number of carbonyl (C=O) groups is 1. The van der Waals surface area contributed by atoms with E-state index in [9.17, 15) is 4.79 Å². The lowest BCUT2D eigenvalue weighted by Gasteiger charge is -2.14. The lowest BCUT2D eigenvalue weighted by molar-refractivity contribution is -0.885. The Balaban J connectivity index is 1.82. The minimum absolute atomic E-state index is 0.00349. The molecule has 0 aliphatic rings. The predicted molar refractivity (Wildman–Crippen MR) is 95.8 cm³/mol. The highest BCUT2D eigenvalue weighted by Gasteiger charge is 2.11. The Morgan fingerprint density at radius 2 is 1.78 bits per heavy atom. The van der Waals surface area contributed by atoms with E-state index in [4.69, 9.17) is 4.74 Å². The first kappa shape index (κ1) is 17.5. The van der Waals surface area contributed by atoms with Gasteiger partial charge in [0, 0.05) is 15.7 Å². The van der Waals surface area contributed by atoms with Gasteiger partial charge in [0.15, 0.2) is 6.54 Å². The minimum Gasteiger partial charge on any atom is -0.494 e. The number of ether oxygens (including phenoxy) is 1. The van der Waals surface area contributed by atoms with E-state index in [-0.39, 0.29) is 5.91 Å². The molecule has 2 aromatic rings. The van der Waals surface area contributed by atoms with E-state index in [1.807, 2.05) is 50.4 Å². The molecule has 0 saturated carbocycles. The number of hydrogen-bond donors (Lipinski definition) is 2. The number of amides is 1. The van der Waals surface area contributed by atoms with E-state index >= 15 is 0 Å². The molecule has 0 bridgehead atoms. The monoisotopic (exact) mass is 377 g/mol. The first-order chi connectivity index (χ1) is 11.1. The fourth-order valence-corrected chi connectivity index (χ4v) is 2.56. The van der Waals surface area contributed by atoms with E-state index < -0.39 is 0 Å². The third-order valence-corrected chi connectivity index (χ3v) is 3.86. The molecule has 23 heavy (non-hydrogen) atoms. The van der Waals surface area contributed by atoms with Gasteiger partial charge in [0.25, 0.3) is 5.91 Å². The number of anilines is 1.